The van der Waals surface area contributed by atoms with Gasteiger partial charge in [0.05, 0.1) is 16.8 Å². The van der Waals surface area contributed by atoms with Crippen LogP contribution < -0.4 is 8.37 Å². The summed E-state index contributed by atoms with van der Waals surface area (Å²) >= 11 is 0. The Kier molecular flexibility index (Phi) is 10.6. The van der Waals surface area contributed by atoms with Gasteiger partial charge in [-0.3, -0.25) is 24.6 Å². The Balaban J connectivity index is 1.16. The van der Waals surface area contributed by atoms with Crippen LogP contribution in [-0.4, -0.2) is 71.8 Å². The summed E-state index contributed by atoms with van der Waals surface area (Å²) in [5.41, 5.74) is -3.22. The van der Waals surface area contributed by atoms with Gasteiger partial charge in [-0.2, -0.15) is 16.8 Å². The van der Waals surface area contributed by atoms with Gasteiger partial charge in [-0.25, -0.2) is 4.99 Å². The molecule has 0 fully saturated rings. The topological polar surface area (TPSA) is 272 Å². The first kappa shape index (κ1) is 42.2. The molecule has 318 valence electrons. The van der Waals surface area contributed by atoms with E-state index in [4.69, 9.17) is 13.8 Å². The third-order valence-corrected chi connectivity index (χ3v) is 12.5. The fourth-order valence-corrected chi connectivity index (χ4v) is 9.17. The van der Waals surface area contributed by atoms with Crippen LogP contribution in [0.3, 0.4) is 0 Å². The van der Waals surface area contributed by atoms with Crippen LogP contribution in [0.1, 0.15) is 63.7 Å². The van der Waals surface area contributed by atoms with Gasteiger partial charge in [-0.1, -0.05) is 91.0 Å². The molecule has 6 aromatic carbocycles. The predicted octanol–water partition coefficient (Wildman–Crippen LogP) is 6.66. The van der Waals surface area contributed by atoms with E-state index in [1.165, 1.54) is 54.6 Å². The SMILES string of the molecule is N=C1C=C(S(=O)(=O)Oc2c(C(=O)c3ccccc3)ccc(O)c2O)c2ccc(N=C3C=C(S(=O)(=O)Oc4c(O)ccc(C(=O)c5ccccc5)c4O)c4ccccc4C3=O)cc2C1=O. The first-order valence-corrected chi connectivity index (χ1v) is 21.4. The number of aliphatic imine (C=N–C) groups is 1. The normalized spacial score (nSPS) is 14.2. The highest BCUT2D eigenvalue weighted by molar-refractivity contribution is 7.97. The minimum absolute atomic E-state index is 0.0891. The first-order chi connectivity index (χ1) is 30.5. The van der Waals surface area contributed by atoms with E-state index < -0.39 is 116 Å². The number of carbonyl (C=O) groups excluding carboxylic acids is 4. The summed E-state index contributed by atoms with van der Waals surface area (Å²) < 4.78 is 66.4. The molecule has 64 heavy (non-hydrogen) atoms. The van der Waals surface area contributed by atoms with Crippen LogP contribution >= 0.6 is 0 Å². The molecule has 0 radical (unpaired) electrons. The number of fused-ring (bicyclic) bond motifs is 2. The van der Waals surface area contributed by atoms with E-state index in [-0.39, 0.29) is 33.5 Å². The van der Waals surface area contributed by atoms with Gasteiger partial charge in [0.1, 0.15) is 21.2 Å². The van der Waals surface area contributed by atoms with Crippen molar-refractivity contribution in [2.24, 2.45) is 4.99 Å². The molecule has 2 aliphatic rings. The molecule has 18 heteroatoms. The number of carbonyl (C=O) groups is 4. The second kappa shape index (κ2) is 16.1. The zero-order chi connectivity index (χ0) is 45.7. The van der Waals surface area contributed by atoms with Crippen molar-refractivity contribution >= 4 is 70.3 Å². The predicted molar refractivity (Wildman–Crippen MR) is 231 cm³/mol. The van der Waals surface area contributed by atoms with Crippen LogP contribution in [0.15, 0.2) is 145 Å². The largest absolute Gasteiger partial charge is 0.504 e. The summed E-state index contributed by atoms with van der Waals surface area (Å²) in [6.45, 7) is 0. The van der Waals surface area contributed by atoms with Crippen molar-refractivity contribution in [1.29, 1.82) is 5.41 Å². The van der Waals surface area contributed by atoms with Crippen molar-refractivity contribution in [2.45, 2.75) is 0 Å². The lowest BCUT2D eigenvalue weighted by Crippen LogP contribution is -2.24. The Morgan fingerprint density at radius 2 is 1.03 bits per heavy atom. The molecule has 5 N–H and O–H groups in total. The number of hydrogen-bond donors (Lipinski definition) is 5. The van der Waals surface area contributed by atoms with E-state index in [9.17, 15) is 56.4 Å². The molecule has 0 aromatic heterocycles. The molecule has 0 saturated heterocycles. The standard InChI is InChI=1S/C46H28N2O14S2/c47-33-22-37(63(57,58)61-45-31(18-19-35(49)44(45)56)40(52)25-11-5-2-6-12-25)28-16-15-26(21-32(28)41(33)53)48-34-23-38(27-13-7-8-14-29(27)42(34)54)64(59,60)62-46-36(50)20-17-30(43(46)55)39(51)24-9-3-1-4-10-24/h1-23,47,49-50,55-56H. The Bertz CT molecular complexity index is 3380. The molecule has 16 nitrogen and oxygen atoms in total. The number of allylic oxidation sites excluding steroid dienone is 2. The maximum absolute atomic E-state index is 14.0. The van der Waals surface area contributed by atoms with E-state index >= 15 is 0 Å². The molecule has 6 aromatic rings. The number of benzene rings is 6. The molecule has 0 spiro atoms. The highest BCUT2D eigenvalue weighted by Crippen LogP contribution is 2.44. The molecule has 8 rings (SSSR count). The number of nitrogens with zero attached hydrogens (tertiary/aromatic N) is 1. The van der Waals surface area contributed by atoms with Crippen LogP contribution in [0, 0.1) is 5.41 Å². The lowest BCUT2D eigenvalue weighted by molar-refractivity contribution is 0.102. The summed E-state index contributed by atoms with van der Waals surface area (Å²) in [6.07, 6.45) is 1.53. The average Bonchev–Trinajstić information content (AvgIpc) is 3.29. The van der Waals surface area contributed by atoms with Gasteiger partial charge in [0.25, 0.3) is 0 Å². The summed E-state index contributed by atoms with van der Waals surface area (Å²) in [5.74, 6) is -8.92. The van der Waals surface area contributed by atoms with Crippen LogP contribution in [0.25, 0.3) is 9.81 Å². The van der Waals surface area contributed by atoms with Crippen LogP contribution in [0.4, 0.5) is 5.69 Å². The maximum atomic E-state index is 14.0. The average molecular weight is 897 g/mol. The fraction of sp³-hybridized carbons (Fsp3) is 0. The van der Waals surface area contributed by atoms with Gasteiger partial charge in [-0.15, -0.1) is 0 Å². The molecule has 0 atom stereocenters. The molecule has 0 heterocycles. The fourth-order valence-electron chi connectivity index (χ4n) is 6.81. The Morgan fingerprint density at radius 3 is 1.67 bits per heavy atom. The van der Waals surface area contributed by atoms with E-state index in [2.05, 4.69) is 4.99 Å². The zero-order valence-corrected chi connectivity index (χ0v) is 34.0. The summed E-state index contributed by atoms with van der Waals surface area (Å²) in [7, 11) is -10.2. The van der Waals surface area contributed by atoms with Crippen molar-refractivity contribution in [3.8, 4) is 34.5 Å². The van der Waals surface area contributed by atoms with Crippen LogP contribution in [0.5, 0.6) is 34.5 Å². The number of phenols is 4. The summed E-state index contributed by atoms with van der Waals surface area (Å²) in [6, 6.07) is 28.1. The zero-order valence-electron chi connectivity index (χ0n) is 32.4. The van der Waals surface area contributed by atoms with Gasteiger partial charge in [0, 0.05) is 33.4 Å². The van der Waals surface area contributed by atoms with Crippen molar-refractivity contribution in [3.05, 3.63) is 184 Å². The number of phenolic OH excluding ortho intramolecular Hbond substituents is 4. The number of nitrogens with one attached hydrogen (secondary N) is 1. The molecular weight excluding hydrogens is 869 g/mol. The van der Waals surface area contributed by atoms with Gasteiger partial charge in [-0.05, 0) is 48.6 Å². The smallest absolute Gasteiger partial charge is 0.340 e. The number of aromatic hydroxyl groups is 4. The minimum atomic E-state index is -5.13. The van der Waals surface area contributed by atoms with Crippen molar-refractivity contribution < 1.29 is 64.8 Å². The Morgan fingerprint density at radius 1 is 0.516 bits per heavy atom. The highest BCUT2D eigenvalue weighted by Gasteiger charge is 2.37. The molecular formula is C46H28N2O14S2. The van der Waals surface area contributed by atoms with Crippen LogP contribution in [-0.2, 0) is 20.2 Å². The molecule has 0 aliphatic heterocycles. The molecule has 2 aliphatic carbocycles. The number of hydrogen-bond acceptors (Lipinski definition) is 16. The highest BCUT2D eigenvalue weighted by atomic mass is 32.2. The minimum Gasteiger partial charge on any atom is -0.504 e. The van der Waals surface area contributed by atoms with Gasteiger partial charge in [0.2, 0.25) is 23.1 Å². The first-order valence-electron chi connectivity index (χ1n) is 18.6. The van der Waals surface area contributed by atoms with Crippen molar-refractivity contribution in [3.63, 3.8) is 0 Å². The van der Waals surface area contributed by atoms with Gasteiger partial charge >= 0.3 is 20.2 Å². The molecule has 0 bridgehead atoms. The molecule has 0 amide bonds. The van der Waals surface area contributed by atoms with E-state index in [0.29, 0.717) is 6.08 Å². The third-order valence-electron chi connectivity index (χ3n) is 9.93. The number of Topliss-reactive ketones (excluding diaryl/α,β-unsaturated/α-hetero) is 2. The van der Waals surface area contributed by atoms with Gasteiger partial charge in [0.15, 0.2) is 34.6 Å². The molecule has 0 unspecified atom stereocenters. The maximum Gasteiger partial charge on any atom is 0.340 e. The lowest BCUT2D eigenvalue weighted by atomic mass is 9.93. The van der Waals surface area contributed by atoms with E-state index in [1.54, 1.807) is 36.4 Å². The molecule has 0 saturated carbocycles. The quantitative estimate of drug-likeness (QED) is 0.0517. The summed E-state index contributed by atoms with van der Waals surface area (Å²) in [4.78, 5) is 56.6. The number of rotatable bonds is 11. The Hall–Kier alpha value is -8.48. The second-order valence-electron chi connectivity index (χ2n) is 13.9. The monoisotopic (exact) mass is 896 g/mol. The van der Waals surface area contributed by atoms with Gasteiger partial charge < -0.3 is 28.8 Å². The van der Waals surface area contributed by atoms with E-state index in [0.717, 1.165) is 42.5 Å². The Labute approximate surface area is 362 Å². The third kappa shape index (κ3) is 7.58. The number of ketones is 4. The second-order valence-corrected chi connectivity index (χ2v) is 17.0. The lowest BCUT2D eigenvalue weighted by Gasteiger charge is -2.20. The summed E-state index contributed by atoms with van der Waals surface area (Å²) in [5, 5.41) is 50.9. The van der Waals surface area contributed by atoms with Crippen LogP contribution in [0.2, 0.25) is 0 Å². The van der Waals surface area contributed by atoms with Crippen molar-refractivity contribution in [1.82, 2.24) is 0 Å². The van der Waals surface area contributed by atoms with Crippen molar-refractivity contribution in [2.75, 3.05) is 0 Å². The van der Waals surface area contributed by atoms with E-state index in [1.807, 2.05) is 0 Å².